The summed E-state index contributed by atoms with van der Waals surface area (Å²) in [5.41, 5.74) is 3.18. The van der Waals surface area contributed by atoms with Crippen molar-refractivity contribution in [3.05, 3.63) is 88.1 Å². The largest absolute Gasteiger partial charge is 0.493 e. The van der Waals surface area contributed by atoms with Crippen molar-refractivity contribution in [1.82, 2.24) is 9.80 Å². The van der Waals surface area contributed by atoms with Crippen molar-refractivity contribution in [1.29, 1.82) is 0 Å². The van der Waals surface area contributed by atoms with Gasteiger partial charge >= 0.3 is 18.0 Å². The number of methoxy groups -OCH3 is 1. The predicted molar refractivity (Wildman–Crippen MR) is 191 cm³/mol. The van der Waals surface area contributed by atoms with Gasteiger partial charge < -0.3 is 38.1 Å². The van der Waals surface area contributed by atoms with Crippen molar-refractivity contribution >= 4 is 23.9 Å². The monoisotopic (exact) mass is 728 g/mol. The van der Waals surface area contributed by atoms with E-state index in [-0.39, 0.29) is 37.9 Å². The van der Waals surface area contributed by atoms with Crippen LogP contribution in [0.15, 0.2) is 54.7 Å². The lowest BCUT2D eigenvalue weighted by molar-refractivity contribution is -0.151. The van der Waals surface area contributed by atoms with Crippen LogP contribution in [0.3, 0.4) is 0 Å². The van der Waals surface area contributed by atoms with Crippen molar-refractivity contribution in [2.45, 2.75) is 85.2 Å². The van der Waals surface area contributed by atoms with E-state index in [9.17, 15) is 19.2 Å². The number of benzene rings is 3. The van der Waals surface area contributed by atoms with Crippen LogP contribution in [0.2, 0.25) is 0 Å². The number of hydrogen-bond donors (Lipinski definition) is 0. The molecule has 3 aromatic rings. The highest BCUT2D eigenvalue weighted by atomic mass is 16.7. The molecule has 3 aliphatic rings. The molecule has 3 aromatic carbocycles. The van der Waals surface area contributed by atoms with Crippen LogP contribution in [0.25, 0.3) is 0 Å². The van der Waals surface area contributed by atoms with Crippen LogP contribution in [-0.2, 0) is 36.9 Å². The van der Waals surface area contributed by atoms with Crippen LogP contribution < -0.4 is 23.7 Å². The molecule has 280 valence electrons. The first-order valence-corrected chi connectivity index (χ1v) is 17.3. The molecular formula is C40H44N2O11. The SMILES string of the molecule is C=C1[C@H]2c3c(cc(C)c(OC)c3OCc3ccccc3)C[C@@H](C(=O)N1[C@@H](COC(C)=O)c1cc(OC(C)=O)c(C)c3c1OCO3)N2C(=O)OC(C)(C)C. The minimum atomic E-state index is -1.06. The molecule has 0 aromatic heterocycles. The lowest BCUT2D eigenvalue weighted by atomic mass is 9.80. The number of esters is 2. The lowest BCUT2D eigenvalue weighted by Crippen LogP contribution is -2.62. The zero-order chi connectivity index (χ0) is 38.4. The number of carbonyl (C=O) groups is 4. The van der Waals surface area contributed by atoms with Gasteiger partial charge in [0.1, 0.15) is 36.6 Å². The van der Waals surface area contributed by atoms with Crippen LogP contribution in [0.5, 0.6) is 28.7 Å². The molecule has 53 heavy (non-hydrogen) atoms. The maximum absolute atomic E-state index is 15.0. The highest BCUT2D eigenvalue weighted by molar-refractivity contribution is 5.92. The highest BCUT2D eigenvalue weighted by Crippen LogP contribution is 2.54. The van der Waals surface area contributed by atoms with Crippen LogP contribution in [0.1, 0.15) is 80.1 Å². The van der Waals surface area contributed by atoms with Gasteiger partial charge in [0.25, 0.3) is 5.91 Å². The Bertz CT molecular complexity index is 1980. The quantitative estimate of drug-likeness (QED) is 0.178. The van der Waals surface area contributed by atoms with Gasteiger partial charge in [-0.3, -0.25) is 19.3 Å². The number of nitrogens with zero attached hydrogens (tertiary/aromatic N) is 2. The summed E-state index contributed by atoms with van der Waals surface area (Å²) < 4.78 is 41.3. The Hall–Kier alpha value is -5.72. The highest BCUT2D eigenvalue weighted by Gasteiger charge is 2.55. The molecule has 0 radical (unpaired) electrons. The summed E-state index contributed by atoms with van der Waals surface area (Å²) in [5.74, 6) is -0.0220. The third-order valence-electron chi connectivity index (χ3n) is 9.27. The van der Waals surface area contributed by atoms with E-state index in [1.807, 2.05) is 43.3 Å². The fourth-order valence-electron chi connectivity index (χ4n) is 7.15. The molecule has 0 unspecified atom stereocenters. The standard InChI is InChI=1S/C40H44N2O11/c1-21-15-27-16-29-38(45)41(30(19-48-24(4)43)28-17-31(52-25(5)44)22(2)35-36(28)51-20-50-35)23(3)33(42(29)39(46)53-40(6,7)8)32(27)37(34(21)47-9)49-18-26-13-11-10-12-14-26/h10-15,17,29-30,33H,3,16,18-20H2,1-2,4-9H3/t29-,30-,33-/m0/s1. The maximum atomic E-state index is 15.0. The van der Waals surface area contributed by atoms with Gasteiger partial charge in [-0.05, 0) is 57.4 Å². The molecule has 3 heterocycles. The van der Waals surface area contributed by atoms with E-state index in [2.05, 4.69) is 6.58 Å². The van der Waals surface area contributed by atoms with Gasteiger partial charge in [-0.2, -0.15) is 0 Å². The molecule has 0 N–H and O–H groups in total. The normalized spacial score (nSPS) is 17.9. The minimum Gasteiger partial charge on any atom is -0.493 e. The van der Waals surface area contributed by atoms with Crippen molar-refractivity contribution in [2.24, 2.45) is 0 Å². The summed E-state index contributed by atoms with van der Waals surface area (Å²) >= 11 is 0. The first-order valence-electron chi connectivity index (χ1n) is 17.3. The summed E-state index contributed by atoms with van der Waals surface area (Å²) in [6.45, 7) is 15.6. The number of hydrogen-bond acceptors (Lipinski definition) is 11. The molecule has 1 fully saturated rings. The summed E-state index contributed by atoms with van der Waals surface area (Å²) in [5, 5.41) is 0. The fraction of sp³-hybridized carbons (Fsp3) is 0.400. The number of ether oxygens (including phenoxy) is 7. The van der Waals surface area contributed by atoms with Crippen molar-refractivity contribution < 1.29 is 52.3 Å². The second-order valence-corrected chi connectivity index (χ2v) is 14.2. The maximum Gasteiger partial charge on any atom is 0.411 e. The molecule has 1 saturated heterocycles. The number of amides is 2. The lowest BCUT2D eigenvalue weighted by Gasteiger charge is -2.52. The van der Waals surface area contributed by atoms with E-state index in [0.29, 0.717) is 39.7 Å². The number of rotatable bonds is 9. The number of aryl methyl sites for hydroxylation is 1. The van der Waals surface area contributed by atoms with Gasteiger partial charge in [0, 0.05) is 42.7 Å². The van der Waals surface area contributed by atoms with Crippen LogP contribution >= 0.6 is 0 Å². The zero-order valence-electron chi connectivity index (χ0n) is 31.2. The van der Waals surface area contributed by atoms with Crippen LogP contribution in [0, 0.1) is 13.8 Å². The van der Waals surface area contributed by atoms with Crippen molar-refractivity contribution in [2.75, 3.05) is 20.5 Å². The fourth-order valence-corrected chi connectivity index (χ4v) is 7.15. The molecule has 3 atom stereocenters. The van der Waals surface area contributed by atoms with E-state index < -0.39 is 47.7 Å². The van der Waals surface area contributed by atoms with Gasteiger partial charge in [0.05, 0.1) is 13.2 Å². The van der Waals surface area contributed by atoms with E-state index >= 15 is 0 Å². The van der Waals surface area contributed by atoms with Gasteiger partial charge in [-0.25, -0.2) is 4.79 Å². The average molecular weight is 729 g/mol. The molecule has 3 aliphatic heterocycles. The topological polar surface area (TPSA) is 139 Å². The number of carbonyl (C=O) groups excluding carboxylic acids is 4. The zero-order valence-corrected chi connectivity index (χ0v) is 31.2. The Morgan fingerprint density at radius 1 is 1.00 bits per heavy atom. The Balaban J connectivity index is 1.56. The van der Waals surface area contributed by atoms with Gasteiger partial charge in [-0.1, -0.05) is 43.0 Å². The summed E-state index contributed by atoms with van der Waals surface area (Å²) in [6, 6.07) is 10.0. The van der Waals surface area contributed by atoms with Gasteiger partial charge in [0.2, 0.25) is 6.79 Å². The van der Waals surface area contributed by atoms with Crippen LogP contribution in [0.4, 0.5) is 4.79 Å². The van der Waals surface area contributed by atoms with Gasteiger partial charge in [-0.15, -0.1) is 0 Å². The number of piperazine rings is 1. The summed E-state index contributed by atoms with van der Waals surface area (Å²) in [7, 11) is 1.54. The minimum absolute atomic E-state index is 0.102. The molecule has 2 bridgehead atoms. The Morgan fingerprint density at radius 2 is 1.70 bits per heavy atom. The smallest absolute Gasteiger partial charge is 0.411 e. The predicted octanol–water partition coefficient (Wildman–Crippen LogP) is 6.41. The third kappa shape index (κ3) is 7.07. The summed E-state index contributed by atoms with van der Waals surface area (Å²) in [4.78, 5) is 56.5. The van der Waals surface area contributed by atoms with Gasteiger partial charge in [0.15, 0.2) is 23.0 Å². The van der Waals surface area contributed by atoms with E-state index in [4.69, 9.17) is 33.2 Å². The van der Waals surface area contributed by atoms with Crippen LogP contribution in [-0.4, -0.2) is 65.9 Å². The Labute approximate surface area is 308 Å². The molecule has 0 spiro atoms. The average Bonchev–Trinajstić information content (AvgIpc) is 3.58. The number of fused-ring (bicyclic) bond motifs is 5. The van der Waals surface area contributed by atoms with E-state index in [1.54, 1.807) is 40.9 Å². The molecule has 13 heteroatoms. The first-order chi connectivity index (χ1) is 25.1. The molecule has 0 saturated carbocycles. The van der Waals surface area contributed by atoms with E-state index in [1.165, 1.54) is 23.6 Å². The molecule has 13 nitrogen and oxygen atoms in total. The second-order valence-electron chi connectivity index (χ2n) is 14.2. The third-order valence-corrected chi connectivity index (χ3v) is 9.27. The first kappa shape index (κ1) is 37.1. The summed E-state index contributed by atoms with van der Waals surface area (Å²) in [6.07, 6.45) is -0.618. The second kappa shape index (κ2) is 14.4. The van der Waals surface area contributed by atoms with Crippen molar-refractivity contribution in [3.8, 4) is 28.7 Å². The molecule has 2 amide bonds. The van der Waals surface area contributed by atoms with Crippen molar-refractivity contribution in [3.63, 3.8) is 0 Å². The Kier molecular flexibility index (Phi) is 10.0. The molecule has 0 aliphatic carbocycles. The van der Waals surface area contributed by atoms with E-state index in [0.717, 1.165) is 16.7 Å². The Morgan fingerprint density at radius 3 is 2.34 bits per heavy atom. The molecular weight excluding hydrogens is 684 g/mol. The molecule has 6 rings (SSSR count).